The summed E-state index contributed by atoms with van der Waals surface area (Å²) in [7, 11) is 0. The zero-order chi connectivity index (χ0) is 30.1. The number of H-pyrrole nitrogens is 1. The maximum Gasteiger partial charge on any atom is 0.417 e. The highest BCUT2D eigenvalue weighted by molar-refractivity contribution is 5.79. The van der Waals surface area contributed by atoms with Crippen molar-refractivity contribution in [2.45, 2.75) is 57.8 Å². The molecular formula is C27H23F8N3O3. The number of rotatable bonds is 8. The van der Waals surface area contributed by atoms with E-state index in [2.05, 4.69) is 10.3 Å². The van der Waals surface area contributed by atoms with Gasteiger partial charge < -0.3 is 15.0 Å². The predicted octanol–water partition coefficient (Wildman–Crippen LogP) is 5.93. The zero-order valence-electron chi connectivity index (χ0n) is 21.4. The molecule has 0 radical (unpaired) electrons. The fourth-order valence-corrected chi connectivity index (χ4v) is 4.33. The summed E-state index contributed by atoms with van der Waals surface area (Å²) in [4.78, 5) is 30.0. The number of halogens is 8. The SMILES string of the molecule is CCc1nc(-c2c(C(F)(F)F)ccc(CNC(=O)C3CC(OCc4ccc(C(F)(F)F)cc4)C3)c2F)[nH]c(=O)c1F. The van der Waals surface area contributed by atoms with Crippen molar-refractivity contribution in [3.05, 3.63) is 86.3 Å². The van der Waals surface area contributed by atoms with Crippen LogP contribution in [0.4, 0.5) is 35.1 Å². The van der Waals surface area contributed by atoms with E-state index < -0.39 is 76.1 Å². The zero-order valence-corrected chi connectivity index (χ0v) is 21.4. The summed E-state index contributed by atoms with van der Waals surface area (Å²) in [5, 5.41) is 2.46. The molecule has 6 nitrogen and oxygen atoms in total. The molecule has 2 aromatic carbocycles. The molecule has 3 aromatic rings. The Morgan fingerprint density at radius 3 is 2.24 bits per heavy atom. The molecule has 1 heterocycles. The average molecular weight is 589 g/mol. The number of benzene rings is 2. The molecule has 1 amide bonds. The number of carbonyl (C=O) groups is 1. The minimum absolute atomic E-state index is 0.0376. The summed E-state index contributed by atoms with van der Waals surface area (Å²) in [6, 6.07) is 5.89. The Morgan fingerprint density at radius 1 is 1.00 bits per heavy atom. The second kappa shape index (κ2) is 11.6. The van der Waals surface area contributed by atoms with Gasteiger partial charge in [-0.15, -0.1) is 0 Å². The molecule has 0 bridgehead atoms. The number of aromatic amines is 1. The lowest BCUT2D eigenvalue weighted by Gasteiger charge is -2.34. The Balaban J connectivity index is 1.40. The smallest absolute Gasteiger partial charge is 0.373 e. The van der Waals surface area contributed by atoms with Crippen molar-refractivity contribution in [3.8, 4) is 11.4 Å². The number of alkyl halides is 6. The summed E-state index contributed by atoms with van der Waals surface area (Å²) in [6.45, 7) is 0.984. The van der Waals surface area contributed by atoms with Gasteiger partial charge in [-0.1, -0.05) is 25.1 Å². The number of amides is 1. The van der Waals surface area contributed by atoms with Crippen LogP contribution in [0.25, 0.3) is 11.4 Å². The number of nitrogens with one attached hydrogen (secondary N) is 2. The van der Waals surface area contributed by atoms with Crippen LogP contribution in [-0.2, 0) is 41.5 Å². The lowest BCUT2D eigenvalue weighted by atomic mass is 9.81. The van der Waals surface area contributed by atoms with E-state index in [-0.39, 0.29) is 37.5 Å². The summed E-state index contributed by atoms with van der Waals surface area (Å²) >= 11 is 0. The summed E-state index contributed by atoms with van der Waals surface area (Å²) in [6.07, 6.45) is -9.37. The van der Waals surface area contributed by atoms with Crippen LogP contribution in [-0.4, -0.2) is 22.0 Å². The van der Waals surface area contributed by atoms with Crippen molar-refractivity contribution < 1.29 is 44.7 Å². The van der Waals surface area contributed by atoms with E-state index in [1.807, 2.05) is 4.98 Å². The molecule has 0 aliphatic heterocycles. The van der Waals surface area contributed by atoms with Gasteiger partial charge in [0.15, 0.2) is 0 Å². The highest BCUT2D eigenvalue weighted by Gasteiger charge is 2.38. The molecule has 41 heavy (non-hydrogen) atoms. The predicted molar refractivity (Wildman–Crippen MR) is 129 cm³/mol. The van der Waals surface area contributed by atoms with Gasteiger partial charge in [-0.05, 0) is 43.0 Å². The van der Waals surface area contributed by atoms with Gasteiger partial charge in [0.2, 0.25) is 11.7 Å². The van der Waals surface area contributed by atoms with Crippen molar-refractivity contribution in [3.63, 3.8) is 0 Å². The third kappa shape index (κ3) is 6.75. The van der Waals surface area contributed by atoms with Gasteiger partial charge in [-0.25, -0.2) is 9.37 Å². The minimum Gasteiger partial charge on any atom is -0.373 e. The molecule has 4 rings (SSSR count). The molecule has 1 aromatic heterocycles. The van der Waals surface area contributed by atoms with Gasteiger partial charge in [0.05, 0.1) is 35.1 Å². The van der Waals surface area contributed by atoms with E-state index in [4.69, 9.17) is 4.74 Å². The van der Waals surface area contributed by atoms with Crippen molar-refractivity contribution >= 4 is 5.91 Å². The van der Waals surface area contributed by atoms with Gasteiger partial charge in [-0.3, -0.25) is 9.59 Å². The third-order valence-corrected chi connectivity index (χ3v) is 6.72. The first-order valence-electron chi connectivity index (χ1n) is 12.4. The second-order valence-electron chi connectivity index (χ2n) is 9.50. The van der Waals surface area contributed by atoms with Gasteiger partial charge in [0.25, 0.3) is 5.56 Å². The fourth-order valence-electron chi connectivity index (χ4n) is 4.33. The summed E-state index contributed by atoms with van der Waals surface area (Å²) in [5.41, 5.74) is -4.88. The quantitative estimate of drug-likeness (QED) is 0.320. The fraction of sp³-hybridized carbons (Fsp3) is 0.370. The van der Waals surface area contributed by atoms with Gasteiger partial charge in [-0.2, -0.15) is 30.7 Å². The van der Waals surface area contributed by atoms with E-state index in [0.717, 1.165) is 18.2 Å². The Labute approximate surface area is 227 Å². The van der Waals surface area contributed by atoms with E-state index in [9.17, 15) is 40.3 Å². The van der Waals surface area contributed by atoms with Gasteiger partial charge in [0, 0.05) is 18.0 Å². The van der Waals surface area contributed by atoms with Gasteiger partial charge in [0.1, 0.15) is 11.6 Å². The van der Waals surface area contributed by atoms with Crippen LogP contribution in [0.1, 0.15) is 47.7 Å². The Bertz CT molecular complexity index is 1480. The first-order chi connectivity index (χ1) is 19.2. The number of carbonyl (C=O) groups excluding carboxylic acids is 1. The van der Waals surface area contributed by atoms with E-state index in [0.29, 0.717) is 11.6 Å². The largest absolute Gasteiger partial charge is 0.417 e. The van der Waals surface area contributed by atoms with Crippen LogP contribution in [0.3, 0.4) is 0 Å². The van der Waals surface area contributed by atoms with Crippen molar-refractivity contribution in [1.82, 2.24) is 15.3 Å². The number of nitrogens with zero attached hydrogens (tertiary/aromatic N) is 1. The molecule has 0 saturated heterocycles. The van der Waals surface area contributed by atoms with Crippen LogP contribution in [0, 0.1) is 17.6 Å². The van der Waals surface area contributed by atoms with Crippen LogP contribution in [0.2, 0.25) is 0 Å². The number of aryl methyl sites for hydroxylation is 1. The second-order valence-corrected chi connectivity index (χ2v) is 9.50. The molecule has 1 aliphatic carbocycles. The summed E-state index contributed by atoms with van der Waals surface area (Å²) in [5.74, 6) is -4.48. The Hall–Kier alpha value is -3.81. The van der Waals surface area contributed by atoms with E-state index >= 15 is 4.39 Å². The van der Waals surface area contributed by atoms with Crippen molar-refractivity contribution in [2.24, 2.45) is 5.92 Å². The molecule has 0 unspecified atom stereocenters. The maximum absolute atomic E-state index is 15.4. The first-order valence-corrected chi connectivity index (χ1v) is 12.4. The van der Waals surface area contributed by atoms with Gasteiger partial charge >= 0.3 is 12.4 Å². The van der Waals surface area contributed by atoms with Crippen LogP contribution < -0.4 is 10.9 Å². The molecule has 0 atom stereocenters. The first kappa shape index (κ1) is 30.2. The normalized spacial score (nSPS) is 17.3. The Kier molecular flexibility index (Phi) is 8.52. The highest BCUT2D eigenvalue weighted by atomic mass is 19.4. The standard InChI is InChI=1S/C27H23F8N3O3/c1-2-19-22(29)25(40)38-23(37-19)20-18(27(33,34)35)8-5-14(21(20)28)11-36-24(39)15-9-17(10-15)41-12-13-3-6-16(7-4-13)26(30,31)32/h3-8,15,17H,2,9-12H2,1H3,(H,36,39)(H,37,38,40). The Morgan fingerprint density at radius 2 is 1.66 bits per heavy atom. The molecule has 1 saturated carbocycles. The third-order valence-electron chi connectivity index (χ3n) is 6.72. The van der Waals surface area contributed by atoms with Crippen LogP contribution in [0.5, 0.6) is 0 Å². The number of ether oxygens (including phenoxy) is 1. The van der Waals surface area contributed by atoms with Crippen molar-refractivity contribution in [2.75, 3.05) is 0 Å². The van der Waals surface area contributed by atoms with E-state index in [1.165, 1.54) is 19.1 Å². The topological polar surface area (TPSA) is 84.1 Å². The number of aromatic nitrogens is 2. The number of hydrogen-bond acceptors (Lipinski definition) is 4. The highest BCUT2D eigenvalue weighted by Crippen LogP contribution is 2.39. The number of hydrogen-bond donors (Lipinski definition) is 2. The van der Waals surface area contributed by atoms with Crippen LogP contribution in [0.15, 0.2) is 41.2 Å². The lowest BCUT2D eigenvalue weighted by Crippen LogP contribution is -2.42. The minimum atomic E-state index is -5.03. The molecular weight excluding hydrogens is 566 g/mol. The summed E-state index contributed by atoms with van der Waals surface area (Å²) < 4.78 is 114. The molecule has 1 aliphatic rings. The molecule has 14 heteroatoms. The molecule has 0 spiro atoms. The molecule has 2 N–H and O–H groups in total. The van der Waals surface area contributed by atoms with E-state index in [1.54, 1.807) is 0 Å². The van der Waals surface area contributed by atoms with Crippen molar-refractivity contribution in [1.29, 1.82) is 0 Å². The monoisotopic (exact) mass is 589 g/mol. The van der Waals surface area contributed by atoms with Crippen LogP contribution >= 0.6 is 0 Å². The molecule has 1 fully saturated rings. The average Bonchev–Trinajstić information content (AvgIpc) is 2.87. The molecule has 220 valence electrons. The maximum atomic E-state index is 15.4. The lowest BCUT2D eigenvalue weighted by molar-refractivity contribution is -0.138.